The highest BCUT2D eigenvalue weighted by Crippen LogP contribution is 2.13. The van der Waals surface area contributed by atoms with E-state index in [1.807, 2.05) is 0 Å². The van der Waals surface area contributed by atoms with Crippen LogP contribution in [0.3, 0.4) is 0 Å². The molecule has 16 heavy (non-hydrogen) atoms. The summed E-state index contributed by atoms with van der Waals surface area (Å²) in [4.78, 5) is 7.17. The van der Waals surface area contributed by atoms with Gasteiger partial charge in [0.15, 0.2) is 5.15 Å². The number of halogens is 3. The van der Waals surface area contributed by atoms with E-state index in [9.17, 15) is 8.78 Å². The van der Waals surface area contributed by atoms with Crippen molar-refractivity contribution in [3.8, 4) is 0 Å². The minimum Gasteiger partial charge on any atom is -0.344 e. The fourth-order valence-corrected chi connectivity index (χ4v) is 1.54. The van der Waals surface area contributed by atoms with Gasteiger partial charge in [-0.2, -0.15) is 0 Å². The summed E-state index contributed by atoms with van der Waals surface area (Å²) < 4.78 is 23.8. The number of H-pyrrole nitrogens is 1. The van der Waals surface area contributed by atoms with Gasteiger partial charge in [0, 0.05) is 13.0 Å². The maximum absolute atomic E-state index is 11.9. The molecule has 2 N–H and O–H groups in total. The highest BCUT2D eigenvalue weighted by Gasteiger charge is 2.08. The summed E-state index contributed by atoms with van der Waals surface area (Å²) in [6.07, 6.45) is 0.608. The Labute approximate surface area is 98.6 Å². The molecule has 0 saturated heterocycles. The lowest BCUT2D eigenvalue weighted by Gasteiger charge is -2.01. The van der Waals surface area contributed by atoms with E-state index >= 15 is 0 Å². The van der Waals surface area contributed by atoms with Crippen molar-refractivity contribution < 1.29 is 8.78 Å². The van der Waals surface area contributed by atoms with Gasteiger partial charge < -0.3 is 10.3 Å². The van der Waals surface area contributed by atoms with Gasteiger partial charge >= 0.3 is 0 Å². The number of aryl methyl sites for hydroxylation is 1. The van der Waals surface area contributed by atoms with Gasteiger partial charge in [-0.1, -0.05) is 24.9 Å². The number of nitrogens with zero attached hydrogens (tertiary/aromatic N) is 1. The third kappa shape index (κ3) is 4.45. The van der Waals surface area contributed by atoms with Crippen molar-refractivity contribution in [1.29, 1.82) is 0 Å². The number of aromatic amines is 1. The van der Waals surface area contributed by atoms with E-state index < -0.39 is 6.43 Å². The van der Waals surface area contributed by atoms with E-state index in [2.05, 4.69) is 22.2 Å². The van der Waals surface area contributed by atoms with Crippen molar-refractivity contribution in [2.45, 2.75) is 39.2 Å². The highest BCUT2D eigenvalue weighted by molar-refractivity contribution is 6.30. The molecular weight excluding hydrogens is 236 g/mol. The Balaban J connectivity index is 2.43. The second-order valence-corrected chi connectivity index (χ2v) is 3.94. The van der Waals surface area contributed by atoms with E-state index in [1.165, 1.54) is 0 Å². The topological polar surface area (TPSA) is 40.7 Å². The van der Waals surface area contributed by atoms with Gasteiger partial charge in [-0.25, -0.2) is 13.8 Å². The SMILES string of the molecule is CCCCc1nc(Cl)c(CNCC(F)F)[nH]1. The average molecular weight is 252 g/mol. The molecule has 3 nitrogen and oxygen atoms in total. The van der Waals surface area contributed by atoms with Gasteiger partial charge in [0.2, 0.25) is 0 Å². The third-order valence-corrected chi connectivity index (χ3v) is 2.46. The predicted molar refractivity (Wildman–Crippen MR) is 59.9 cm³/mol. The van der Waals surface area contributed by atoms with Crippen LogP contribution >= 0.6 is 11.6 Å². The first-order valence-corrected chi connectivity index (χ1v) is 5.73. The van der Waals surface area contributed by atoms with Gasteiger partial charge in [0.1, 0.15) is 5.82 Å². The first-order chi connectivity index (χ1) is 7.63. The first-order valence-electron chi connectivity index (χ1n) is 5.35. The predicted octanol–water partition coefficient (Wildman–Crippen LogP) is 2.76. The van der Waals surface area contributed by atoms with Crippen LogP contribution < -0.4 is 5.32 Å². The molecule has 0 atom stereocenters. The molecule has 0 unspecified atom stereocenters. The van der Waals surface area contributed by atoms with Gasteiger partial charge in [-0.15, -0.1) is 0 Å². The van der Waals surface area contributed by atoms with E-state index in [0.29, 0.717) is 17.4 Å². The fraction of sp³-hybridized carbons (Fsp3) is 0.700. The molecule has 0 fully saturated rings. The molecule has 6 heteroatoms. The molecular formula is C10H16ClF2N3. The number of alkyl halides is 2. The van der Waals surface area contributed by atoms with Gasteiger partial charge in [-0.3, -0.25) is 0 Å². The summed E-state index contributed by atoms with van der Waals surface area (Å²) in [6.45, 7) is 2.05. The maximum atomic E-state index is 11.9. The molecule has 0 aliphatic heterocycles. The first kappa shape index (κ1) is 13.4. The van der Waals surface area contributed by atoms with Crippen molar-refractivity contribution in [3.63, 3.8) is 0 Å². The van der Waals surface area contributed by atoms with Crippen molar-refractivity contribution in [2.24, 2.45) is 0 Å². The van der Waals surface area contributed by atoms with Crippen LogP contribution in [-0.2, 0) is 13.0 Å². The third-order valence-electron chi connectivity index (χ3n) is 2.14. The minimum absolute atomic E-state index is 0.294. The summed E-state index contributed by atoms with van der Waals surface area (Å²) in [5, 5.41) is 2.97. The van der Waals surface area contributed by atoms with Crippen LogP contribution in [0.5, 0.6) is 0 Å². The molecule has 0 aromatic carbocycles. The van der Waals surface area contributed by atoms with Crippen molar-refractivity contribution in [3.05, 3.63) is 16.7 Å². The zero-order chi connectivity index (χ0) is 12.0. The summed E-state index contributed by atoms with van der Waals surface area (Å²) in [7, 11) is 0. The molecule has 0 spiro atoms. The van der Waals surface area contributed by atoms with E-state index in [4.69, 9.17) is 11.6 Å². The van der Waals surface area contributed by atoms with E-state index in [0.717, 1.165) is 25.1 Å². The van der Waals surface area contributed by atoms with Crippen molar-refractivity contribution >= 4 is 11.6 Å². The Morgan fingerprint density at radius 3 is 2.88 bits per heavy atom. The molecule has 1 rings (SSSR count). The van der Waals surface area contributed by atoms with Crippen LogP contribution in [-0.4, -0.2) is 22.9 Å². The number of rotatable bonds is 7. The summed E-state index contributed by atoms with van der Waals surface area (Å²) >= 11 is 5.87. The summed E-state index contributed by atoms with van der Waals surface area (Å²) in [5.41, 5.74) is 0.674. The normalized spacial score (nSPS) is 11.3. The second kappa shape index (κ2) is 6.81. The molecule has 1 heterocycles. The quantitative estimate of drug-likeness (QED) is 0.782. The Kier molecular flexibility index (Phi) is 5.69. The molecule has 0 radical (unpaired) electrons. The summed E-state index contributed by atoms with van der Waals surface area (Å²) in [6, 6.07) is 0. The van der Waals surface area contributed by atoms with Crippen LogP contribution in [0.1, 0.15) is 31.3 Å². The standard InChI is InChI=1S/C10H16ClF2N3/c1-2-3-4-9-15-7(10(11)16-9)5-14-6-8(12)13/h8,14H,2-6H2,1H3,(H,15,16). The molecule has 0 bridgehead atoms. The van der Waals surface area contributed by atoms with Crippen molar-refractivity contribution in [1.82, 2.24) is 15.3 Å². The largest absolute Gasteiger partial charge is 0.344 e. The smallest absolute Gasteiger partial charge is 0.250 e. The second-order valence-electron chi connectivity index (χ2n) is 3.58. The van der Waals surface area contributed by atoms with Crippen LogP contribution in [0, 0.1) is 0 Å². The zero-order valence-electron chi connectivity index (χ0n) is 9.19. The zero-order valence-corrected chi connectivity index (χ0v) is 9.95. The number of imidazole rings is 1. The number of nitrogens with one attached hydrogen (secondary N) is 2. The number of hydrogen-bond donors (Lipinski definition) is 2. The highest BCUT2D eigenvalue weighted by atomic mass is 35.5. The Bertz CT molecular complexity index is 315. The lowest BCUT2D eigenvalue weighted by molar-refractivity contribution is 0.145. The lowest BCUT2D eigenvalue weighted by Crippen LogP contribution is -2.20. The molecule has 92 valence electrons. The molecule has 1 aromatic heterocycles. The van der Waals surface area contributed by atoms with Gasteiger partial charge in [-0.05, 0) is 6.42 Å². The Morgan fingerprint density at radius 2 is 2.25 bits per heavy atom. The van der Waals surface area contributed by atoms with Crippen LogP contribution in [0.2, 0.25) is 5.15 Å². The Morgan fingerprint density at radius 1 is 1.50 bits per heavy atom. The molecule has 0 saturated carbocycles. The molecule has 1 aromatic rings. The van der Waals surface area contributed by atoms with Gasteiger partial charge in [0.05, 0.1) is 12.2 Å². The van der Waals surface area contributed by atoms with E-state index in [1.54, 1.807) is 0 Å². The Hall–Kier alpha value is -0.680. The molecule has 0 aliphatic rings. The minimum atomic E-state index is -2.35. The van der Waals surface area contributed by atoms with Crippen molar-refractivity contribution in [2.75, 3.05) is 6.54 Å². The van der Waals surface area contributed by atoms with Crippen LogP contribution in [0.25, 0.3) is 0 Å². The fourth-order valence-electron chi connectivity index (χ4n) is 1.33. The van der Waals surface area contributed by atoms with E-state index in [-0.39, 0.29) is 6.54 Å². The number of aromatic nitrogens is 2. The lowest BCUT2D eigenvalue weighted by atomic mass is 10.2. The monoisotopic (exact) mass is 251 g/mol. The number of unbranched alkanes of at least 4 members (excludes halogenated alkanes) is 1. The number of hydrogen-bond acceptors (Lipinski definition) is 2. The average Bonchev–Trinajstić information content (AvgIpc) is 2.56. The molecule has 0 amide bonds. The maximum Gasteiger partial charge on any atom is 0.250 e. The van der Waals surface area contributed by atoms with Gasteiger partial charge in [0.25, 0.3) is 6.43 Å². The summed E-state index contributed by atoms with van der Waals surface area (Å²) in [5.74, 6) is 0.820. The van der Waals surface area contributed by atoms with Crippen LogP contribution in [0.15, 0.2) is 0 Å². The van der Waals surface area contributed by atoms with Crippen LogP contribution in [0.4, 0.5) is 8.78 Å². The molecule has 0 aliphatic carbocycles.